The molecule has 0 saturated heterocycles. The predicted octanol–water partition coefficient (Wildman–Crippen LogP) is 1.82. The molecule has 3 fully saturated rings. The fourth-order valence-electron chi connectivity index (χ4n) is 4.07. The molecule has 2 bridgehead atoms. The SMILES string of the molecule is O=C(CNC1CC2CCC1C2)NC1CCCC1. The third-order valence-electron chi connectivity index (χ3n) is 4.98. The van der Waals surface area contributed by atoms with E-state index in [2.05, 4.69) is 10.6 Å². The van der Waals surface area contributed by atoms with E-state index in [4.69, 9.17) is 0 Å². The van der Waals surface area contributed by atoms with Gasteiger partial charge in [-0.05, 0) is 43.9 Å². The molecule has 0 spiro atoms. The monoisotopic (exact) mass is 236 g/mol. The second kappa shape index (κ2) is 4.97. The van der Waals surface area contributed by atoms with Crippen molar-refractivity contribution in [2.45, 2.75) is 63.5 Å². The van der Waals surface area contributed by atoms with Crippen molar-refractivity contribution in [1.82, 2.24) is 10.6 Å². The highest BCUT2D eigenvalue weighted by atomic mass is 16.2. The minimum absolute atomic E-state index is 0.208. The molecular weight excluding hydrogens is 212 g/mol. The lowest BCUT2D eigenvalue weighted by molar-refractivity contribution is -0.121. The maximum absolute atomic E-state index is 11.8. The summed E-state index contributed by atoms with van der Waals surface area (Å²) in [7, 11) is 0. The van der Waals surface area contributed by atoms with E-state index < -0.39 is 0 Å². The minimum atomic E-state index is 0.208. The van der Waals surface area contributed by atoms with Gasteiger partial charge in [0, 0.05) is 12.1 Å². The van der Waals surface area contributed by atoms with Gasteiger partial charge < -0.3 is 10.6 Å². The molecule has 3 nitrogen and oxygen atoms in total. The third-order valence-corrected chi connectivity index (χ3v) is 4.98. The summed E-state index contributed by atoms with van der Waals surface area (Å²) >= 11 is 0. The smallest absolute Gasteiger partial charge is 0.234 e. The fraction of sp³-hybridized carbons (Fsp3) is 0.929. The highest BCUT2D eigenvalue weighted by Gasteiger charge is 2.39. The average molecular weight is 236 g/mol. The van der Waals surface area contributed by atoms with Crippen molar-refractivity contribution in [3.8, 4) is 0 Å². The van der Waals surface area contributed by atoms with Gasteiger partial charge in [-0.2, -0.15) is 0 Å². The molecule has 3 aliphatic carbocycles. The van der Waals surface area contributed by atoms with Crippen LogP contribution in [0.1, 0.15) is 51.4 Å². The first-order valence-corrected chi connectivity index (χ1v) is 7.34. The molecule has 0 aromatic carbocycles. The molecule has 1 amide bonds. The van der Waals surface area contributed by atoms with Crippen LogP contribution in [-0.2, 0) is 4.79 Å². The van der Waals surface area contributed by atoms with Gasteiger partial charge in [0.2, 0.25) is 5.91 Å². The molecule has 2 N–H and O–H groups in total. The van der Waals surface area contributed by atoms with E-state index in [-0.39, 0.29) is 5.91 Å². The Morgan fingerprint density at radius 1 is 1.06 bits per heavy atom. The molecule has 3 rings (SSSR count). The van der Waals surface area contributed by atoms with Crippen LogP contribution in [0.5, 0.6) is 0 Å². The number of rotatable bonds is 4. The van der Waals surface area contributed by atoms with E-state index in [9.17, 15) is 4.79 Å². The number of hydrogen-bond donors (Lipinski definition) is 2. The van der Waals surface area contributed by atoms with Crippen molar-refractivity contribution in [2.24, 2.45) is 11.8 Å². The van der Waals surface area contributed by atoms with Crippen LogP contribution in [0.25, 0.3) is 0 Å². The average Bonchev–Trinajstić information content (AvgIpc) is 3.02. The lowest BCUT2D eigenvalue weighted by Crippen LogP contribution is -2.43. The summed E-state index contributed by atoms with van der Waals surface area (Å²) in [5.74, 6) is 2.02. The zero-order valence-electron chi connectivity index (χ0n) is 10.6. The number of fused-ring (bicyclic) bond motifs is 2. The first-order chi connectivity index (χ1) is 8.31. The van der Waals surface area contributed by atoms with Crippen LogP contribution in [0, 0.1) is 11.8 Å². The molecule has 3 aliphatic rings. The van der Waals surface area contributed by atoms with Crippen LogP contribution in [0.2, 0.25) is 0 Å². The van der Waals surface area contributed by atoms with Crippen LogP contribution >= 0.6 is 0 Å². The number of nitrogens with one attached hydrogen (secondary N) is 2. The Hall–Kier alpha value is -0.570. The topological polar surface area (TPSA) is 41.1 Å². The van der Waals surface area contributed by atoms with Crippen LogP contribution in [0.15, 0.2) is 0 Å². The zero-order valence-corrected chi connectivity index (χ0v) is 10.6. The first-order valence-electron chi connectivity index (χ1n) is 7.34. The lowest BCUT2D eigenvalue weighted by Gasteiger charge is -2.23. The van der Waals surface area contributed by atoms with Crippen molar-refractivity contribution >= 4 is 5.91 Å². The van der Waals surface area contributed by atoms with E-state index in [1.54, 1.807) is 0 Å². The highest BCUT2D eigenvalue weighted by molar-refractivity contribution is 5.78. The van der Waals surface area contributed by atoms with Crippen molar-refractivity contribution in [1.29, 1.82) is 0 Å². The fourth-order valence-corrected chi connectivity index (χ4v) is 4.07. The molecule has 0 aromatic heterocycles. The molecule has 0 heterocycles. The lowest BCUT2D eigenvalue weighted by atomic mass is 9.95. The Labute approximate surface area is 104 Å². The normalized spacial score (nSPS) is 36.6. The number of hydrogen-bond acceptors (Lipinski definition) is 2. The maximum atomic E-state index is 11.8. The van der Waals surface area contributed by atoms with Crippen LogP contribution in [0.4, 0.5) is 0 Å². The summed E-state index contributed by atoms with van der Waals surface area (Å²) < 4.78 is 0. The summed E-state index contributed by atoms with van der Waals surface area (Å²) in [6, 6.07) is 1.09. The van der Waals surface area contributed by atoms with Crippen LogP contribution in [0.3, 0.4) is 0 Å². The standard InChI is InChI=1S/C14H24N2O/c17-14(16-12-3-1-2-4-12)9-15-13-8-10-5-6-11(13)7-10/h10-13,15H,1-9H2,(H,16,17). The van der Waals surface area contributed by atoms with Crippen LogP contribution < -0.4 is 10.6 Å². The van der Waals surface area contributed by atoms with E-state index in [0.29, 0.717) is 18.6 Å². The van der Waals surface area contributed by atoms with Crippen molar-refractivity contribution in [3.63, 3.8) is 0 Å². The van der Waals surface area contributed by atoms with E-state index in [1.807, 2.05) is 0 Å². The molecule has 0 aliphatic heterocycles. The van der Waals surface area contributed by atoms with Gasteiger partial charge in [0.15, 0.2) is 0 Å². The molecular formula is C14H24N2O. The van der Waals surface area contributed by atoms with Gasteiger partial charge in [-0.3, -0.25) is 4.79 Å². The van der Waals surface area contributed by atoms with E-state index in [1.165, 1.54) is 51.4 Å². The molecule has 3 heteroatoms. The molecule has 17 heavy (non-hydrogen) atoms. The Morgan fingerprint density at radius 3 is 2.53 bits per heavy atom. The van der Waals surface area contributed by atoms with Gasteiger partial charge in [-0.25, -0.2) is 0 Å². The summed E-state index contributed by atoms with van der Waals surface area (Å²) in [6.45, 7) is 0.532. The molecule has 96 valence electrons. The second-order valence-corrected chi connectivity index (χ2v) is 6.21. The van der Waals surface area contributed by atoms with E-state index >= 15 is 0 Å². The maximum Gasteiger partial charge on any atom is 0.234 e. The van der Waals surface area contributed by atoms with Crippen molar-refractivity contribution in [3.05, 3.63) is 0 Å². The summed E-state index contributed by atoms with van der Waals surface area (Å²) in [6.07, 6.45) is 10.4. The van der Waals surface area contributed by atoms with Gasteiger partial charge >= 0.3 is 0 Å². The zero-order chi connectivity index (χ0) is 11.7. The third kappa shape index (κ3) is 2.65. The number of carbonyl (C=O) groups excluding carboxylic acids is 1. The van der Waals surface area contributed by atoms with Gasteiger partial charge in [0.25, 0.3) is 0 Å². The number of amides is 1. The predicted molar refractivity (Wildman–Crippen MR) is 67.6 cm³/mol. The quantitative estimate of drug-likeness (QED) is 0.782. The van der Waals surface area contributed by atoms with Crippen molar-refractivity contribution < 1.29 is 4.79 Å². The molecule has 0 radical (unpaired) electrons. The van der Waals surface area contributed by atoms with Gasteiger partial charge in [-0.15, -0.1) is 0 Å². The number of carbonyl (C=O) groups is 1. The molecule has 3 unspecified atom stereocenters. The molecule has 0 aromatic rings. The Kier molecular flexibility index (Phi) is 3.37. The van der Waals surface area contributed by atoms with Gasteiger partial charge in [-0.1, -0.05) is 19.3 Å². The largest absolute Gasteiger partial charge is 0.352 e. The Bertz CT molecular complexity index is 286. The Balaban J connectivity index is 1.37. The summed E-state index contributed by atoms with van der Waals surface area (Å²) in [4.78, 5) is 11.8. The Morgan fingerprint density at radius 2 is 1.88 bits per heavy atom. The molecule has 3 saturated carbocycles. The second-order valence-electron chi connectivity index (χ2n) is 6.21. The first kappa shape index (κ1) is 11.5. The highest BCUT2D eigenvalue weighted by Crippen LogP contribution is 2.44. The summed E-state index contributed by atoms with van der Waals surface area (Å²) in [5, 5.41) is 6.62. The van der Waals surface area contributed by atoms with Gasteiger partial charge in [0.1, 0.15) is 0 Å². The summed E-state index contributed by atoms with van der Waals surface area (Å²) in [5.41, 5.74) is 0. The minimum Gasteiger partial charge on any atom is -0.352 e. The molecule has 3 atom stereocenters. The van der Waals surface area contributed by atoms with Crippen molar-refractivity contribution in [2.75, 3.05) is 6.54 Å². The van der Waals surface area contributed by atoms with E-state index in [0.717, 1.165) is 11.8 Å². The van der Waals surface area contributed by atoms with Crippen LogP contribution in [-0.4, -0.2) is 24.5 Å². The van der Waals surface area contributed by atoms with Gasteiger partial charge in [0.05, 0.1) is 6.54 Å².